The molecule has 1 aromatic heterocycles. The van der Waals surface area contributed by atoms with Crippen molar-refractivity contribution < 1.29 is 18.4 Å². The van der Waals surface area contributed by atoms with Gasteiger partial charge in [-0.1, -0.05) is 42.1 Å². The first kappa shape index (κ1) is 19.5. The zero-order valence-corrected chi connectivity index (χ0v) is 15.5. The molecule has 0 saturated carbocycles. The predicted octanol–water partition coefficient (Wildman–Crippen LogP) is 2.47. The molecule has 3 aromatic rings. The first-order valence-electron chi connectivity index (χ1n) is 8.10. The van der Waals surface area contributed by atoms with Crippen LogP contribution < -0.4 is 10.9 Å². The van der Waals surface area contributed by atoms with Gasteiger partial charge in [0.05, 0.1) is 11.4 Å². The average Bonchev–Trinajstić information content (AvgIpc) is 3.09. The highest BCUT2D eigenvalue weighted by Gasteiger charge is 2.20. The van der Waals surface area contributed by atoms with Gasteiger partial charge in [0.1, 0.15) is 11.6 Å². The SMILES string of the molecule is CC(=O)NNC(=O)CSc1nnc(-c2ccccc2)n1-c1ccc(F)cc1F. The lowest BCUT2D eigenvalue weighted by Gasteiger charge is -2.11. The monoisotopic (exact) mass is 403 g/mol. The fourth-order valence-corrected chi connectivity index (χ4v) is 3.09. The number of nitrogens with zero attached hydrogens (tertiary/aromatic N) is 3. The smallest absolute Gasteiger partial charge is 0.248 e. The number of halogens is 2. The van der Waals surface area contributed by atoms with E-state index < -0.39 is 23.4 Å². The Kier molecular flexibility index (Phi) is 5.99. The van der Waals surface area contributed by atoms with Gasteiger partial charge in [0.25, 0.3) is 0 Å². The van der Waals surface area contributed by atoms with Crippen molar-refractivity contribution in [1.82, 2.24) is 25.6 Å². The van der Waals surface area contributed by atoms with Gasteiger partial charge in [-0.3, -0.25) is 25.0 Å². The highest BCUT2D eigenvalue weighted by molar-refractivity contribution is 7.99. The van der Waals surface area contributed by atoms with Crippen LogP contribution in [0.5, 0.6) is 0 Å². The maximum absolute atomic E-state index is 14.4. The maximum atomic E-state index is 14.4. The highest BCUT2D eigenvalue weighted by Crippen LogP contribution is 2.29. The fraction of sp³-hybridized carbons (Fsp3) is 0.111. The standard InChI is InChI=1S/C18H15F2N5O2S/c1-11(26)21-22-16(27)10-28-18-24-23-17(12-5-3-2-4-6-12)25(18)15-8-7-13(19)9-14(15)20/h2-9H,10H2,1H3,(H,21,26)(H,22,27). The molecule has 0 aliphatic carbocycles. The summed E-state index contributed by atoms with van der Waals surface area (Å²) >= 11 is 0.996. The van der Waals surface area contributed by atoms with Crippen LogP contribution in [0, 0.1) is 11.6 Å². The van der Waals surface area contributed by atoms with Crippen LogP contribution in [0.3, 0.4) is 0 Å². The van der Waals surface area contributed by atoms with Crippen LogP contribution in [-0.4, -0.2) is 32.3 Å². The fourth-order valence-electron chi connectivity index (χ4n) is 2.34. The van der Waals surface area contributed by atoms with Gasteiger partial charge in [-0.2, -0.15) is 0 Å². The molecule has 144 valence electrons. The number of amides is 2. The number of carbonyl (C=O) groups is 2. The lowest BCUT2D eigenvalue weighted by atomic mass is 10.2. The molecule has 0 unspecified atom stereocenters. The van der Waals surface area contributed by atoms with E-state index >= 15 is 0 Å². The molecule has 0 aliphatic heterocycles. The molecule has 0 atom stereocenters. The number of nitrogens with one attached hydrogen (secondary N) is 2. The Balaban J connectivity index is 1.95. The third-order valence-corrected chi connectivity index (χ3v) is 4.46. The van der Waals surface area contributed by atoms with Gasteiger partial charge in [-0.15, -0.1) is 10.2 Å². The molecule has 7 nitrogen and oxygen atoms in total. The summed E-state index contributed by atoms with van der Waals surface area (Å²) in [5.41, 5.74) is 5.13. The number of rotatable bonds is 5. The van der Waals surface area contributed by atoms with Crippen molar-refractivity contribution in [2.75, 3.05) is 5.75 Å². The van der Waals surface area contributed by atoms with Crippen molar-refractivity contribution in [3.05, 3.63) is 60.2 Å². The van der Waals surface area contributed by atoms with Crippen molar-refractivity contribution in [2.45, 2.75) is 12.1 Å². The van der Waals surface area contributed by atoms with Crippen LogP contribution >= 0.6 is 11.8 Å². The van der Waals surface area contributed by atoms with E-state index in [9.17, 15) is 18.4 Å². The Morgan fingerprint density at radius 1 is 1.07 bits per heavy atom. The number of hydrazine groups is 1. The average molecular weight is 403 g/mol. The quantitative estimate of drug-likeness (QED) is 0.505. The van der Waals surface area contributed by atoms with E-state index in [0.29, 0.717) is 11.4 Å². The second-order valence-corrected chi connectivity index (χ2v) is 6.56. The van der Waals surface area contributed by atoms with Crippen LogP contribution in [0.2, 0.25) is 0 Å². The highest BCUT2D eigenvalue weighted by atomic mass is 32.2. The van der Waals surface area contributed by atoms with Crippen LogP contribution in [-0.2, 0) is 9.59 Å². The van der Waals surface area contributed by atoms with E-state index in [-0.39, 0.29) is 16.6 Å². The van der Waals surface area contributed by atoms with Crippen molar-refractivity contribution in [3.63, 3.8) is 0 Å². The number of carbonyl (C=O) groups excluding carboxylic acids is 2. The number of hydrogen-bond acceptors (Lipinski definition) is 5. The maximum Gasteiger partial charge on any atom is 0.248 e. The van der Waals surface area contributed by atoms with Crippen LogP contribution in [0.4, 0.5) is 8.78 Å². The Bertz CT molecular complexity index is 1010. The molecule has 0 bridgehead atoms. The molecule has 2 N–H and O–H groups in total. The van der Waals surface area contributed by atoms with Crippen molar-refractivity contribution in [1.29, 1.82) is 0 Å². The van der Waals surface area contributed by atoms with Gasteiger partial charge < -0.3 is 0 Å². The topological polar surface area (TPSA) is 88.9 Å². The zero-order chi connectivity index (χ0) is 20.1. The number of thioether (sulfide) groups is 1. The van der Waals surface area contributed by atoms with Gasteiger partial charge in [0.2, 0.25) is 11.8 Å². The minimum Gasteiger partial charge on any atom is -0.274 e. The Morgan fingerprint density at radius 2 is 1.82 bits per heavy atom. The van der Waals surface area contributed by atoms with E-state index in [2.05, 4.69) is 21.0 Å². The molecule has 3 rings (SSSR count). The van der Waals surface area contributed by atoms with Gasteiger partial charge in [-0.05, 0) is 12.1 Å². The van der Waals surface area contributed by atoms with Crippen molar-refractivity contribution in [3.8, 4) is 17.1 Å². The summed E-state index contributed by atoms with van der Waals surface area (Å²) in [7, 11) is 0. The number of aromatic nitrogens is 3. The number of hydrogen-bond donors (Lipinski definition) is 2. The van der Waals surface area contributed by atoms with Crippen LogP contribution in [0.15, 0.2) is 53.7 Å². The molecule has 10 heteroatoms. The van der Waals surface area contributed by atoms with Gasteiger partial charge >= 0.3 is 0 Å². The Labute approximate surface area is 163 Å². The normalized spacial score (nSPS) is 10.5. The lowest BCUT2D eigenvalue weighted by Crippen LogP contribution is -2.41. The molecule has 0 aliphatic rings. The summed E-state index contributed by atoms with van der Waals surface area (Å²) in [6.07, 6.45) is 0. The van der Waals surface area contributed by atoms with E-state index in [4.69, 9.17) is 0 Å². The Hall–Kier alpha value is -3.27. The molecule has 0 fully saturated rings. The zero-order valence-electron chi connectivity index (χ0n) is 14.6. The second-order valence-electron chi connectivity index (χ2n) is 5.62. The number of benzene rings is 2. The molecular weight excluding hydrogens is 388 g/mol. The van der Waals surface area contributed by atoms with Crippen molar-refractivity contribution >= 4 is 23.6 Å². The van der Waals surface area contributed by atoms with Crippen molar-refractivity contribution in [2.24, 2.45) is 0 Å². The molecule has 28 heavy (non-hydrogen) atoms. The van der Waals surface area contributed by atoms with Gasteiger partial charge in [0, 0.05) is 18.6 Å². The van der Waals surface area contributed by atoms with E-state index in [1.807, 2.05) is 6.07 Å². The first-order chi connectivity index (χ1) is 13.5. The lowest BCUT2D eigenvalue weighted by molar-refractivity contribution is -0.126. The summed E-state index contributed by atoms with van der Waals surface area (Å²) in [4.78, 5) is 22.7. The van der Waals surface area contributed by atoms with Gasteiger partial charge in [0.15, 0.2) is 11.0 Å². The van der Waals surface area contributed by atoms with E-state index in [0.717, 1.165) is 23.9 Å². The third-order valence-electron chi connectivity index (χ3n) is 3.53. The molecule has 0 saturated heterocycles. The van der Waals surface area contributed by atoms with Gasteiger partial charge in [-0.25, -0.2) is 8.78 Å². The summed E-state index contributed by atoms with van der Waals surface area (Å²) in [5.74, 6) is -2.15. The summed E-state index contributed by atoms with van der Waals surface area (Å²) in [6.45, 7) is 1.26. The largest absolute Gasteiger partial charge is 0.274 e. The molecular formula is C18H15F2N5O2S. The van der Waals surface area contributed by atoms with E-state index in [1.165, 1.54) is 17.6 Å². The molecule has 0 spiro atoms. The minimum atomic E-state index is -0.790. The summed E-state index contributed by atoms with van der Waals surface area (Å²) < 4.78 is 29.2. The summed E-state index contributed by atoms with van der Waals surface area (Å²) in [5, 5.41) is 8.39. The van der Waals surface area contributed by atoms with Crippen LogP contribution in [0.1, 0.15) is 6.92 Å². The van der Waals surface area contributed by atoms with E-state index in [1.54, 1.807) is 24.3 Å². The summed E-state index contributed by atoms with van der Waals surface area (Å²) in [6, 6.07) is 12.1. The predicted molar refractivity (Wildman–Crippen MR) is 99.4 cm³/mol. The second kappa shape index (κ2) is 8.61. The first-order valence-corrected chi connectivity index (χ1v) is 9.08. The molecule has 2 amide bonds. The molecule has 0 radical (unpaired) electrons. The molecule has 2 aromatic carbocycles. The third kappa shape index (κ3) is 4.52. The molecule has 1 heterocycles. The van der Waals surface area contributed by atoms with Crippen LogP contribution in [0.25, 0.3) is 17.1 Å². The minimum absolute atomic E-state index is 0.0509. The Morgan fingerprint density at radius 3 is 2.50 bits per heavy atom.